The second kappa shape index (κ2) is 13.8. The molecular formula is C32H39FN2O3. The van der Waals surface area contributed by atoms with Crippen molar-refractivity contribution in [1.82, 2.24) is 10.2 Å². The molecular weight excluding hydrogens is 479 g/mol. The summed E-state index contributed by atoms with van der Waals surface area (Å²) >= 11 is 0. The van der Waals surface area contributed by atoms with Gasteiger partial charge in [0.1, 0.15) is 17.6 Å². The summed E-state index contributed by atoms with van der Waals surface area (Å²) in [6.07, 6.45) is 2.15. The molecule has 5 nitrogen and oxygen atoms in total. The summed E-state index contributed by atoms with van der Waals surface area (Å²) < 4.78 is 19.4. The van der Waals surface area contributed by atoms with Crippen molar-refractivity contribution in [3.8, 4) is 5.75 Å². The van der Waals surface area contributed by atoms with Gasteiger partial charge in [-0.05, 0) is 52.8 Å². The predicted octanol–water partition coefficient (Wildman–Crippen LogP) is 6.06. The van der Waals surface area contributed by atoms with E-state index in [0.29, 0.717) is 18.7 Å². The molecule has 202 valence electrons. The summed E-state index contributed by atoms with van der Waals surface area (Å²) in [7, 11) is 0. The van der Waals surface area contributed by atoms with Gasteiger partial charge in [0.2, 0.25) is 5.91 Å². The van der Waals surface area contributed by atoms with Gasteiger partial charge >= 0.3 is 0 Å². The first-order chi connectivity index (χ1) is 18.2. The molecule has 0 aliphatic rings. The molecule has 0 aliphatic carbocycles. The van der Waals surface area contributed by atoms with E-state index >= 15 is 0 Å². The zero-order chi connectivity index (χ0) is 27.5. The highest BCUT2D eigenvalue weighted by Gasteiger charge is 2.30. The number of hydrogen-bond donors (Lipinski definition) is 1. The highest BCUT2D eigenvalue weighted by Crippen LogP contribution is 2.24. The van der Waals surface area contributed by atoms with Crippen molar-refractivity contribution in [3.05, 3.63) is 101 Å². The molecule has 0 aliphatic heterocycles. The van der Waals surface area contributed by atoms with E-state index < -0.39 is 6.04 Å². The van der Waals surface area contributed by atoms with Gasteiger partial charge in [-0.1, -0.05) is 88.7 Å². The minimum Gasteiger partial charge on any atom is -0.484 e. The lowest BCUT2D eigenvalue weighted by atomic mass is 9.87. The van der Waals surface area contributed by atoms with Crippen LogP contribution in [-0.4, -0.2) is 35.9 Å². The van der Waals surface area contributed by atoms with Crippen LogP contribution >= 0.6 is 0 Å². The summed E-state index contributed by atoms with van der Waals surface area (Å²) in [4.78, 5) is 28.6. The van der Waals surface area contributed by atoms with Crippen LogP contribution in [0.3, 0.4) is 0 Å². The third kappa shape index (κ3) is 8.72. The average Bonchev–Trinajstić information content (AvgIpc) is 2.90. The van der Waals surface area contributed by atoms with Gasteiger partial charge < -0.3 is 15.0 Å². The van der Waals surface area contributed by atoms with E-state index in [0.717, 1.165) is 24.0 Å². The minimum absolute atomic E-state index is 0.0100. The zero-order valence-electron chi connectivity index (χ0n) is 22.9. The molecule has 0 heterocycles. The third-order valence-corrected chi connectivity index (χ3v) is 6.45. The monoisotopic (exact) mass is 518 g/mol. The van der Waals surface area contributed by atoms with Crippen LogP contribution in [-0.2, 0) is 28.0 Å². The number of benzene rings is 3. The number of unbranched alkanes of at least 4 members (excludes halogenated alkanes) is 1. The Bertz CT molecular complexity index is 1160. The highest BCUT2D eigenvalue weighted by molar-refractivity contribution is 5.88. The largest absolute Gasteiger partial charge is 0.484 e. The van der Waals surface area contributed by atoms with Gasteiger partial charge in [-0.15, -0.1) is 0 Å². The highest BCUT2D eigenvalue weighted by atomic mass is 19.1. The van der Waals surface area contributed by atoms with E-state index in [2.05, 4.69) is 33.0 Å². The molecule has 2 amide bonds. The van der Waals surface area contributed by atoms with Gasteiger partial charge in [0.15, 0.2) is 6.61 Å². The number of hydrogen-bond acceptors (Lipinski definition) is 3. The van der Waals surface area contributed by atoms with E-state index in [1.807, 2.05) is 54.6 Å². The Morgan fingerprint density at radius 3 is 2.18 bits per heavy atom. The fraction of sp³-hybridized carbons (Fsp3) is 0.375. The molecule has 0 radical (unpaired) electrons. The summed E-state index contributed by atoms with van der Waals surface area (Å²) in [6.45, 7) is 8.95. The van der Waals surface area contributed by atoms with Crippen molar-refractivity contribution < 1.29 is 18.7 Å². The van der Waals surface area contributed by atoms with Gasteiger partial charge in [0.25, 0.3) is 5.91 Å². The van der Waals surface area contributed by atoms with Crippen molar-refractivity contribution in [1.29, 1.82) is 0 Å². The lowest BCUT2D eigenvalue weighted by molar-refractivity contribution is -0.142. The average molecular weight is 519 g/mol. The fourth-order valence-corrected chi connectivity index (χ4v) is 4.13. The Kier molecular flexibility index (Phi) is 10.5. The van der Waals surface area contributed by atoms with Crippen LogP contribution in [0.15, 0.2) is 78.9 Å². The van der Waals surface area contributed by atoms with Crippen LogP contribution in [0, 0.1) is 5.82 Å². The second-order valence-electron chi connectivity index (χ2n) is 10.6. The van der Waals surface area contributed by atoms with Gasteiger partial charge in [-0.3, -0.25) is 9.59 Å². The lowest BCUT2D eigenvalue weighted by Gasteiger charge is -2.31. The first kappa shape index (κ1) is 28.9. The topological polar surface area (TPSA) is 58.6 Å². The van der Waals surface area contributed by atoms with Crippen LogP contribution in [0.5, 0.6) is 5.75 Å². The summed E-state index contributed by atoms with van der Waals surface area (Å²) in [5, 5.41) is 2.99. The van der Waals surface area contributed by atoms with Gasteiger partial charge in [0.05, 0.1) is 0 Å². The van der Waals surface area contributed by atoms with Crippen molar-refractivity contribution >= 4 is 11.8 Å². The second-order valence-corrected chi connectivity index (χ2v) is 10.6. The van der Waals surface area contributed by atoms with E-state index in [4.69, 9.17) is 4.74 Å². The van der Waals surface area contributed by atoms with Crippen molar-refractivity contribution in [2.24, 2.45) is 0 Å². The van der Waals surface area contributed by atoms with Crippen molar-refractivity contribution in [3.63, 3.8) is 0 Å². The summed E-state index contributed by atoms with van der Waals surface area (Å²) in [5.74, 6) is -0.306. The van der Waals surface area contributed by atoms with Crippen LogP contribution in [0.25, 0.3) is 0 Å². The van der Waals surface area contributed by atoms with Gasteiger partial charge in [0, 0.05) is 19.5 Å². The molecule has 1 N–H and O–H groups in total. The smallest absolute Gasteiger partial charge is 0.261 e. The third-order valence-electron chi connectivity index (χ3n) is 6.45. The molecule has 1 atom stereocenters. The van der Waals surface area contributed by atoms with E-state index in [1.54, 1.807) is 17.0 Å². The molecule has 1 unspecified atom stereocenters. The van der Waals surface area contributed by atoms with E-state index in [-0.39, 0.29) is 36.2 Å². The van der Waals surface area contributed by atoms with E-state index in [1.165, 1.54) is 17.7 Å². The number of halogens is 1. The Morgan fingerprint density at radius 1 is 0.921 bits per heavy atom. The molecule has 0 saturated carbocycles. The fourth-order valence-electron chi connectivity index (χ4n) is 4.13. The Balaban J connectivity index is 1.85. The van der Waals surface area contributed by atoms with Gasteiger partial charge in [-0.25, -0.2) is 4.39 Å². The number of rotatable bonds is 12. The van der Waals surface area contributed by atoms with Crippen LogP contribution < -0.4 is 10.1 Å². The first-order valence-corrected chi connectivity index (χ1v) is 13.3. The van der Waals surface area contributed by atoms with Crippen molar-refractivity contribution in [2.75, 3.05) is 13.2 Å². The molecule has 0 saturated heterocycles. The molecule has 3 aromatic rings. The van der Waals surface area contributed by atoms with E-state index in [9.17, 15) is 14.0 Å². The Hall–Kier alpha value is -3.67. The lowest BCUT2D eigenvalue weighted by Crippen LogP contribution is -2.51. The Labute approximate surface area is 226 Å². The SMILES string of the molecule is CCCCNC(=O)C(Cc1ccccc1)N(Cc1ccc(F)cc1)C(=O)COc1ccc(C(C)(C)C)cc1. The molecule has 3 rings (SSSR count). The standard InChI is InChI=1S/C32H39FN2O3/c1-5-6-20-34-31(37)29(21-24-10-8-7-9-11-24)35(22-25-12-16-27(33)17-13-25)30(36)23-38-28-18-14-26(15-19-28)32(2,3)4/h7-19,29H,5-6,20-23H2,1-4H3,(H,34,37). The number of nitrogens with zero attached hydrogens (tertiary/aromatic N) is 1. The summed E-state index contributed by atoms with van der Waals surface area (Å²) in [5.41, 5.74) is 2.85. The maximum Gasteiger partial charge on any atom is 0.261 e. The normalized spacial score (nSPS) is 12.0. The first-order valence-electron chi connectivity index (χ1n) is 13.3. The number of ether oxygens (including phenoxy) is 1. The number of carbonyl (C=O) groups excluding carboxylic acids is 2. The molecule has 0 bridgehead atoms. The summed E-state index contributed by atoms with van der Waals surface area (Å²) in [6, 6.07) is 22.6. The number of carbonyl (C=O) groups is 2. The molecule has 0 fully saturated rings. The molecule has 0 aromatic heterocycles. The van der Waals surface area contributed by atoms with Crippen LogP contribution in [0.1, 0.15) is 57.2 Å². The van der Waals surface area contributed by atoms with Gasteiger partial charge in [-0.2, -0.15) is 0 Å². The predicted molar refractivity (Wildman–Crippen MR) is 149 cm³/mol. The Morgan fingerprint density at radius 2 is 1.58 bits per heavy atom. The minimum atomic E-state index is -0.751. The van der Waals surface area contributed by atoms with Crippen LogP contribution in [0.4, 0.5) is 4.39 Å². The zero-order valence-corrected chi connectivity index (χ0v) is 22.9. The maximum atomic E-state index is 13.6. The molecule has 3 aromatic carbocycles. The van der Waals surface area contributed by atoms with Crippen molar-refractivity contribution in [2.45, 2.75) is 65.0 Å². The quantitative estimate of drug-likeness (QED) is 0.297. The number of nitrogens with one attached hydrogen (secondary N) is 1. The van der Waals surface area contributed by atoms with Crippen LogP contribution in [0.2, 0.25) is 0 Å². The molecule has 38 heavy (non-hydrogen) atoms. The molecule has 0 spiro atoms. The number of amides is 2. The maximum absolute atomic E-state index is 13.6. The molecule has 6 heteroatoms.